The van der Waals surface area contributed by atoms with Gasteiger partial charge in [-0.15, -0.1) is 0 Å². The summed E-state index contributed by atoms with van der Waals surface area (Å²) in [6, 6.07) is 20.8. The van der Waals surface area contributed by atoms with Crippen LogP contribution in [0.3, 0.4) is 0 Å². The minimum absolute atomic E-state index is 0.153. The van der Waals surface area contributed by atoms with E-state index in [2.05, 4.69) is 48.5 Å². The van der Waals surface area contributed by atoms with Crippen molar-refractivity contribution in [2.45, 2.75) is 0 Å². The summed E-state index contributed by atoms with van der Waals surface area (Å²) in [5, 5.41) is 0. The maximum Gasteiger partial charge on any atom is 0.105 e. The third-order valence-corrected chi connectivity index (χ3v) is 2.28. The van der Waals surface area contributed by atoms with Crippen molar-refractivity contribution >= 4 is 8.58 Å². The van der Waals surface area contributed by atoms with Crippen molar-refractivity contribution in [3.63, 3.8) is 0 Å². The summed E-state index contributed by atoms with van der Waals surface area (Å²) in [6.45, 7) is 1.83. The first-order valence-corrected chi connectivity index (χ1v) is 6.90. The Bertz CT molecular complexity index is 333. The lowest BCUT2D eigenvalue weighted by Gasteiger charge is -1.98. The molecule has 84 valence electrons. The molecule has 2 heteroatoms. The van der Waals surface area contributed by atoms with Crippen molar-refractivity contribution in [1.82, 2.24) is 0 Å². The quantitative estimate of drug-likeness (QED) is 0.667. The molecule has 0 fully saturated rings. The molecule has 2 aromatic carbocycles. The fourth-order valence-electron chi connectivity index (χ4n) is 1.26. The standard InChI is InChI=1S/C12H10.C2H6FP/c1-3-7-11(8-4-1)12-9-5-2-6-10-12;1-4-2-3/h1-10H;4H,2H2,1H3. The summed E-state index contributed by atoms with van der Waals surface area (Å²) in [6.07, 6.45) is -0.153. The summed E-state index contributed by atoms with van der Waals surface area (Å²) in [7, 11) is 0.474. The zero-order chi connectivity index (χ0) is 11.6. The van der Waals surface area contributed by atoms with Gasteiger partial charge in [0.15, 0.2) is 0 Å². The summed E-state index contributed by atoms with van der Waals surface area (Å²) >= 11 is 0. The van der Waals surface area contributed by atoms with Crippen LogP contribution in [0, 0.1) is 0 Å². The van der Waals surface area contributed by atoms with E-state index in [1.807, 2.05) is 18.8 Å². The maximum absolute atomic E-state index is 10.7. The molecule has 0 aliphatic carbocycles. The van der Waals surface area contributed by atoms with E-state index in [0.29, 0.717) is 8.58 Å². The topological polar surface area (TPSA) is 0 Å². The van der Waals surface area contributed by atoms with E-state index < -0.39 is 0 Å². The van der Waals surface area contributed by atoms with Crippen LogP contribution < -0.4 is 0 Å². The molecule has 0 spiro atoms. The van der Waals surface area contributed by atoms with Gasteiger partial charge in [-0.25, -0.2) is 4.39 Å². The largest absolute Gasteiger partial charge is 0.246 e. The third kappa shape index (κ3) is 4.55. The predicted molar refractivity (Wildman–Crippen MR) is 72.1 cm³/mol. The third-order valence-electron chi connectivity index (χ3n) is 2.01. The van der Waals surface area contributed by atoms with Gasteiger partial charge in [0, 0.05) is 0 Å². The molecule has 1 unspecified atom stereocenters. The van der Waals surface area contributed by atoms with Gasteiger partial charge in [-0.05, 0) is 17.8 Å². The highest BCUT2D eigenvalue weighted by Crippen LogP contribution is 2.17. The van der Waals surface area contributed by atoms with Gasteiger partial charge < -0.3 is 0 Å². The fraction of sp³-hybridized carbons (Fsp3) is 0.143. The monoisotopic (exact) mass is 234 g/mol. The average molecular weight is 234 g/mol. The Morgan fingerprint density at radius 1 is 0.812 bits per heavy atom. The lowest BCUT2D eigenvalue weighted by atomic mass is 10.1. The smallest absolute Gasteiger partial charge is 0.105 e. The van der Waals surface area contributed by atoms with Crippen LogP contribution in [0.4, 0.5) is 4.39 Å². The van der Waals surface area contributed by atoms with Gasteiger partial charge in [0.25, 0.3) is 0 Å². The molecule has 2 aromatic rings. The van der Waals surface area contributed by atoms with Crippen LogP contribution in [0.15, 0.2) is 60.7 Å². The Morgan fingerprint density at radius 3 is 1.38 bits per heavy atom. The number of halogens is 1. The molecule has 0 radical (unpaired) electrons. The van der Waals surface area contributed by atoms with Crippen LogP contribution >= 0.6 is 8.58 Å². The van der Waals surface area contributed by atoms with Crippen LogP contribution in [0.1, 0.15) is 0 Å². The molecular formula is C14H16FP. The number of alkyl halides is 1. The molecule has 0 saturated carbocycles. The van der Waals surface area contributed by atoms with Crippen LogP contribution in [0.25, 0.3) is 11.1 Å². The molecular weight excluding hydrogens is 218 g/mol. The highest BCUT2D eigenvalue weighted by molar-refractivity contribution is 7.36. The lowest BCUT2D eigenvalue weighted by Crippen LogP contribution is -1.73. The predicted octanol–water partition coefficient (Wildman–Crippen LogP) is 4.58. The van der Waals surface area contributed by atoms with E-state index >= 15 is 0 Å². The molecule has 0 aromatic heterocycles. The molecule has 0 aliphatic heterocycles. The van der Waals surface area contributed by atoms with Gasteiger partial charge in [0.05, 0.1) is 0 Å². The second-order valence-corrected chi connectivity index (χ2v) is 4.19. The number of benzene rings is 2. The molecule has 0 bridgehead atoms. The lowest BCUT2D eigenvalue weighted by molar-refractivity contribution is 0.603. The minimum Gasteiger partial charge on any atom is -0.246 e. The highest BCUT2D eigenvalue weighted by Gasteiger charge is 1.91. The van der Waals surface area contributed by atoms with Crippen molar-refractivity contribution < 1.29 is 4.39 Å². The summed E-state index contributed by atoms with van der Waals surface area (Å²) < 4.78 is 10.7. The molecule has 2 rings (SSSR count). The maximum atomic E-state index is 10.7. The molecule has 0 nitrogen and oxygen atoms in total. The van der Waals surface area contributed by atoms with Crippen LogP contribution in [-0.4, -0.2) is 13.1 Å². The SMILES string of the molecule is CPCF.c1ccc(-c2ccccc2)cc1. The van der Waals surface area contributed by atoms with Gasteiger partial charge in [-0.1, -0.05) is 69.2 Å². The van der Waals surface area contributed by atoms with E-state index in [-0.39, 0.29) is 6.42 Å². The second-order valence-electron chi connectivity index (χ2n) is 3.22. The van der Waals surface area contributed by atoms with Gasteiger partial charge in [-0.2, -0.15) is 0 Å². The van der Waals surface area contributed by atoms with Crippen molar-refractivity contribution in [1.29, 1.82) is 0 Å². The molecule has 0 saturated heterocycles. The van der Waals surface area contributed by atoms with E-state index in [0.717, 1.165) is 0 Å². The van der Waals surface area contributed by atoms with Crippen molar-refractivity contribution in [2.75, 3.05) is 13.1 Å². The zero-order valence-corrected chi connectivity index (χ0v) is 10.4. The first kappa shape index (κ1) is 12.9. The number of hydrogen-bond donors (Lipinski definition) is 0. The first-order valence-electron chi connectivity index (χ1n) is 5.19. The Labute approximate surface area is 98.3 Å². The molecule has 0 heterocycles. The van der Waals surface area contributed by atoms with Gasteiger partial charge >= 0.3 is 0 Å². The molecule has 0 amide bonds. The zero-order valence-electron chi connectivity index (χ0n) is 9.36. The molecule has 0 N–H and O–H groups in total. The molecule has 0 aliphatic rings. The second kappa shape index (κ2) is 8.01. The number of hydrogen-bond acceptors (Lipinski definition) is 0. The number of rotatable bonds is 2. The summed E-state index contributed by atoms with van der Waals surface area (Å²) in [5.74, 6) is 0. The van der Waals surface area contributed by atoms with Crippen LogP contribution in [0.2, 0.25) is 0 Å². The molecule has 1 atom stereocenters. The van der Waals surface area contributed by atoms with Crippen molar-refractivity contribution in [2.24, 2.45) is 0 Å². The first-order chi connectivity index (χ1) is 7.88. The fourth-order valence-corrected chi connectivity index (χ4v) is 1.26. The van der Waals surface area contributed by atoms with Crippen LogP contribution in [0.5, 0.6) is 0 Å². The minimum atomic E-state index is -0.153. The van der Waals surface area contributed by atoms with E-state index in [1.54, 1.807) is 0 Å². The van der Waals surface area contributed by atoms with Gasteiger partial charge in [0.1, 0.15) is 6.42 Å². The summed E-state index contributed by atoms with van der Waals surface area (Å²) in [5.41, 5.74) is 2.55. The molecule has 16 heavy (non-hydrogen) atoms. The van der Waals surface area contributed by atoms with E-state index in [4.69, 9.17) is 0 Å². The average Bonchev–Trinajstić information content (AvgIpc) is 2.41. The highest BCUT2D eigenvalue weighted by atomic mass is 31.1. The van der Waals surface area contributed by atoms with E-state index in [1.165, 1.54) is 11.1 Å². The van der Waals surface area contributed by atoms with E-state index in [9.17, 15) is 4.39 Å². The Kier molecular flexibility index (Phi) is 6.44. The Balaban J connectivity index is 0.000000280. The van der Waals surface area contributed by atoms with Crippen LogP contribution in [-0.2, 0) is 0 Å². The van der Waals surface area contributed by atoms with Crippen molar-refractivity contribution in [3.05, 3.63) is 60.7 Å². The normalized spacial score (nSPS) is 9.88. The van der Waals surface area contributed by atoms with Gasteiger partial charge in [0.2, 0.25) is 0 Å². The Hall–Kier alpha value is -1.20. The van der Waals surface area contributed by atoms with Gasteiger partial charge in [-0.3, -0.25) is 0 Å². The Morgan fingerprint density at radius 2 is 1.12 bits per heavy atom. The summed E-state index contributed by atoms with van der Waals surface area (Å²) in [4.78, 5) is 0. The van der Waals surface area contributed by atoms with Crippen molar-refractivity contribution in [3.8, 4) is 11.1 Å².